The summed E-state index contributed by atoms with van der Waals surface area (Å²) in [6, 6.07) is 5.44. The molecule has 3 N–H and O–H groups in total. The molecule has 2 amide bonds. The van der Waals surface area contributed by atoms with Crippen molar-refractivity contribution in [2.75, 3.05) is 19.7 Å². The Morgan fingerprint density at radius 1 is 1.09 bits per heavy atom. The van der Waals surface area contributed by atoms with Crippen LogP contribution >= 0.6 is 11.6 Å². The first-order valence-electron chi connectivity index (χ1n) is 11.2. The molecule has 1 heterocycles. The predicted molar refractivity (Wildman–Crippen MR) is 122 cm³/mol. The van der Waals surface area contributed by atoms with Crippen LogP contribution in [0, 0.1) is 11.8 Å². The van der Waals surface area contributed by atoms with E-state index in [2.05, 4.69) is 15.4 Å². The molecule has 0 spiro atoms. The van der Waals surface area contributed by atoms with Crippen LogP contribution in [-0.2, 0) is 24.3 Å². The molecule has 10 heteroatoms. The van der Waals surface area contributed by atoms with Crippen LogP contribution in [0.1, 0.15) is 45.4 Å². The number of amides is 2. The van der Waals surface area contributed by atoms with Gasteiger partial charge in [-0.15, -0.1) is 0 Å². The van der Waals surface area contributed by atoms with Gasteiger partial charge in [-0.3, -0.25) is 9.59 Å². The normalized spacial score (nSPS) is 24.6. The maximum absolute atomic E-state index is 12.6. The minimum absolute atomic E-state index is 0.0641. The standard InChI is InChI=1S/C22H32ClN3O5S/c1-15(21(27)24-14-19-3-2-12-31-19)26-22(28)17-6-4-16(5-7-17)13-25-32(29,30)20-10-8-18(23)9-11-20/h8-11,15-17,19,25H,2-7,12-14H2,1H3,(H,24,27)(H,26,28)/t15-,16?,17?,19+/m0/s1. The summed E-state index contributed by atoms with van der Waals surface area (Å²) in [5.41, 5.74) is 0. The lowest BCUT2D eigenvalue weighted by Gasteiger charge is -2.28. The number of sulfonamides is 1. The Kier molecular flexibility index (Phi) is 8.93. The number of ether oxygens (including phenoxy) is 1. The molecule has 1 saturated heterocycles. The molecule has 0 bridgehead atoms. The molecule has 3 rings (SSSR count). The number of carbonyl (C=O) groups is 2. The Bertz CT molecular complexity index is 879. The summed E-state index contributed by atoms with van der Waals surface area (Å²) in [7, 11) is -3.58. The second kappa shape index (κ2) is 11.4. The largest absolute Gasteiger partial charge is 0.376 e. The van der Waals surface area contributed by atoms with E-state index in [0.29, 0.717) is 31.0 Å². The van der Waals surface area contributed by atoms with Crippen molar-refractivity contribution in [1.29, 1.82) is 0 Å². The summed E-state index contributed by atoms with van der Waals surface area (Å²) in [6.07, 6.45) is 4.86. The van der Waals surface area contributed by atoms with Crippen LogP contribution < -0.4 is 15.4 Å². The zero-order chi connectivity index (χ0) is 23.1. The lowest BCUT2D eigenvalue weighted by Crippen LogP contribution is -2.48. The van der Waals surface area contributed by atoms with E-state index in [9.17, 15) is 18.0 Å². The van der Waals surface area contributed by atoms with Gasteiger partial charge in [0.25, 0.3) is 0 Å². The van der Waals surface area contributed by atoms with Crippen molar-refractivity contribution in [1.82, 2.24) is 15.4 Å². The third-order valence-corrected chi connectivity index (χ3v) is 7.87. The van der Waals surface area contributed by atoms with E-state index < -0.39 is 16.1 Å². The van der Waals surface area contributed by atoms with E-state index in [1.807, 2.05) is 0 Å². The molecule has 0 aromatic heterocycles. The molecular weight excluding hydrogens is 454 g/mol. The summed E-state index contributed by atoms with van der Waals surface area (Å²) < 4.78 is 33.0. The monoisotopic (exact) mass is 485 g/mol. The average molecular weight is 486 g/mol. The van der Waals surface area contributed by atoms with E-state index >= 15 is 0 Å². The van der Waals surface area contributed by atoms with E-state index in [1.54, 1.807) is 19.1 Å². The van der Waals surface area contributed by atoms with Crippen molar-refractivity contribution >= 4 is 33.4 Å². The zero-order valence-corrected chi connectivity index (χ0v) is 19.9. The molecule has 2 fully saturated rings. The topological polar surface area (TPSA) is 114 Å². The van der Waals surface area contributed by atoms with Gasteiger partial charge in [0.15, 0.2) is 0 Å². The summed E-state index contributed by atoms with van der Waals surface area (Å²) in [5, 5.41) is 6.13. The Hall–Kier alpha value is -1.68. The smallest absolute Gasteiger partial charge is 0.242 e. The third kappa shape index (κ3) is 7.16. The molecular formula is C22H32ClN3O5S. The van der Waals surface area contributed by atoms with Crippen molar-refractivity contribution in [2.24, 2.45) is 11.8 Å². The van der Waals surface area contributed by atoms with Gasteiger partial charge >= 0.3 is 0 Å². The van der Waals surface area contributed by atoms with Crippen molar-refractivity contribution in [3.8, 4) is 0 Å². The lowest BCUT2D eigenvalue weighted by molar-refractivity contribution is -0.131. The molecule has 2 aliphatic rings. The van der Waals surface area contributed by atoms with Gasteiger partial charge in [-0.1, -0.05) is 11.6 Å². The molecule has 178 valence electrons. The maximum atomic E-state index is 12.6. The van der Waals surface area contributed by atoms with Gasteiger partial charge in [0.2, 0.25) is 21.8 Å². The summed E-state index contributed by atoms with van der Waals surface area (Å²) in [5.74, 6) is -0.315. The van der Waals surface area contributed by atoms with Crippen molar-refractivity contribution in [3.63, 3.8) is 0 Å². The molecule has 32 heavy (non-hydrogen) atoms. The van der Waals surface area contributed by atoms with Gasteiger partial charge in [0.05, 0.1) is 11.0 Å². The SMILES string of the molecule is C[C@H](NC(=O)C1CCC(CNS(=O)(=O)c2ccc(Cl)cc2)CC1)C(=O)NC[C@H]1CCCO1. The van der Waals surface area contributed by atoms with Crippen molar-refractivity contribution < 1.29 is 22.7 Å². The molecule has 0 unspecified atom stereocenters. The summed E-state index contributed by atoms with van der Waals surface area (Å²) >= 11 is 5.82. The molecule has 1 aliphatic heterocycles. The van der Waals surface area contributed by atoms with Crippen molar-refractivity contribution in [3.05, 3.63) is 29.3 Å². The summed E-state index contributed by atoms with van der Waals surface area (Å²) in [4.78, 5) is 25.0. The first-order valence-corrected chi connectivity index (χ1v) is 13.1. The highest BCUT2D eigenvalue weighted by Gasteiger charge is 2.29. The van der Waals surface area contributed by atoms with Gasteiger partial charge in [0, 0.05) is 30.6 Å². The van der Waals surface area contributed by atoms with E-state index in [-0.39, 0.29) is 34.6 Å². The number of rotatable bonds is 9. The van der Waals surface area contributed by atoms with Gasteiger partial charge in [-0.2, -0.15) is 0 Å². The summed E-state index contributed by atoms with van der Waals surface area (Å²) in [6.45, 7) is 3.22. The van der Waals surface area contributed by atoms with Gasteiger partial charge in [0.1, 0.15) is 6.04 Å². The van der Waals surface area contributed by atoms with Crippen LogP contribution in [-0.4, -0.2) is 52.1 Å². The lowest BCUT2D eigenvalue weighted by atomic mass is 9.81. The molecule has 8 nitrogen and oxygen atoms in total. The number of carbonyl (C=O) groups excluding carboxylic acids is 2. The van der Waals surface area contributed by atoms with Crippen LogP contribution in [0.2, 0.25) is 5.02 Å². The first kappa shape index (κ1) is 25.0. The average Bonchev–Trinajstić information content (AvgIpc) is 3.30. The van der Waals surface area contributed by atoms with Gasteiger partial charge in [-0.25, -0.2) is 13.1 Å². The van der Waals surface area contributed by atoms with E-state index in [1.165, 1.54) is 12.1 Å². The van der Waals surface area contributed by atoms with E-state index in [4.69, 9.17) is 16.3 Å². The minimum atomic E-state index is -3.58. The molecule has 1 saturated carbocycles. The zero-order valence-electron chi connectivity index (χ0n) is 18.3. The highest BCUT2D eigenvalue weighted by Crippen LogP contribution is 2.29. The maximum Gasteiger partial charge on any atom is 0.242 e. The molecule has 2 atom stereocenters. The second-order valence-corrected chi connectivity index (χ2v) is 10.8. The van der Waals surface area contributed by atoms with Gasteiger partial charge < -0.3 is 15.4 Å². The molecule has 1 aromatic rings. The second-order valence-electron chi connectivity index (χ2n) is 8.63. The van der Waals surface area contributed by atoms with Crippen LogP contribution in [0.25, 0.3) is 0 Å². The van der Waals surface area contributed by atoms with Crippen LogP contribution in [0.3, 0.4) is 0 Å². The molecule has 0 radical (unpaired) electrons. The highest BCUT2D eigenvalue weighted by molar-refractivity contribution is 7.89. The highest BCUT2D eigenvalue weighted by atomic mass is 35.5. The Morgan fingerprint density at radius 3 is 2.41 bits per heavy atom. The Morgan fingerprint density at radius 2 is 1.78 bits per heavy atom. The van der Waals surface area contributed by atoms with Crippen molar-refractivity contribution in [2.45, 2.75) is 62.5 Å². The number of nitrogens with one attached hydrogen (secondary N) is 3. The minimum Gasteiger partial charge on any atom is -0.376 e. The molecule has 1 aromatic carbocycles. The molecule has 1 aliphatic carbocycles. The first-order chi connectivity index (χ1) is 15.2. The number of hydrogen-bond acceptors (Lipinski definition) is 5. The quantitative estimate of drug-likeness (QED) is 0.496. The van der Waals surface area contributed by atoms with Crippen LogP contribution in [0.4, 0.5) is 0 Å². The van der Waals surface area contributed by atoms with Gasteiger partial charge in [-0.05, 0) is 75.6 Å². The fourth-order valence-electron chi connectivity index (χ4n) is 4.12. The number of benzene rings is 1. The van der Waals surface area contributed by atoms with Crippen LogP contribution in [0.15, 0.2) is 29.2 Å². The number of halogens is 1. The fourth-order valence-corrected chi connectivity index (χ4v) is 5.37. The fraction of sp³-hybridized carbons (Fsp3) is 0.636. The Balaban J connectivity index is 1.37. The van der Waals surface area contributed by atoms with Crippen LogP contribution in [0.5, 0.6) is 0 Å². The Labute approximate surface area is 194 Å². The number of hydrogen-bond donors (Lipinski definition) is 3. The third-order valence-electron chi connectivity index (χ3n) is 6.18. The van der Waals surface area contributed by atoms with E-state index in [0.717, 1.165) is 32.3 Å². The predicted octanol–water partition coefficient (Wildman–Crippen LogP) is 2.22.